The van der Waals surface area contributed by atoms with Gasteiger partial charge in [-0.25, -0.2) is 0 Å². The van der Waals surface area contributed by atoms with Crippen LogP contribution in [0.25, 0.3) is 0 Å². The van der Waals surface area contributed by atoms with Gasteiger partial charge in [0.05, 0.1) is 23.0 Å². The molecule has 1 N–H and O–H groups in total. The number of nitrogens with one attached hydrogen (secondary N) is 1. The van der Waals surface area contributed by atoms with E-state index in [9.17, 15) is 0 Å². The number of nitrogens with zero attached hydrogens (tertiary/aromatic N) is 3. The number of halogens is 1. The van der Waals surface area contributed by atoms with Gasteiger partial charge >= 0.3 is 0 Å². The lowest BCUT2D eigenvalue weighted by atomic mass is 10.2. The lowest BCUT2D eigenvalue weighted by molar-refractivity contribution is 0.558. The van der Waals surface area contributed by atoms with Gasteiger partial charge in [-0.1, -0.05) is 18.5 Å². The molecule has 20 heavy (non-hydrogen) atoms. The molecule has 0 amide bonds. The molecule has 0 fully saturated rings. The first-order valence-electron chi connectivity index (χ1n) is 7.18. The molecule has 5 heteroatoms. The Morgan fingerprint density at radius 2 is 2.15 bits per heavy atom. The highest BCUT2D eigenvalue weighted by Crippen LogP contribution is 2.24. The highest BCUT2D eigenvalue weighted by atomic mass is 35.5. The Labute approximate surface area is 125 Å². The molecule has 0 bridgehead atoms. The molecule has 2 rings (SSSR count). The number of rotatable bonds is 6. The van der Waals surface area contributed by atoms with E-state index in [0.29, 0.717) is 6.04 Å². The third kappa shape index (κ3) is 2.76. The van der Waals surface area contributed by atoms with Crippen LogP contribution in [0.5, 0.6) is 0 Å². The van der Waals surface area contributed by atoms with Crippen molar-refractivity contribution < 1.29 is 0 Å². The first kappa shape index (κ1) is 15.1. The third-order valence-corrected chi connectivity index (χ3v) is 4.19. The first-order chi connectivity index (χ1) is 9.62. The number of hydrogen-bond acceptors (Lipinski definition) is 2. The van der Waals surface area contributed by atoms with Crippen LogP contribution in [0.3, 0.4) is 0 Å². The fourth-order valence-corrected chi connectivity index (χ4v) is 2.77. The van der Waals surface area contributed by atoms with Gasteiger partial charge in [0.25, 0.3) is 0 Å². The van der Waals surface area contributed by atoms with Crippen molar-refractivity contribution in [2.24, 2.45) is 0 Å². The summed E-state index contributed by atoms with van der Waals surface area (Å²) >= 11 is 6.48. The van der Waals surface area contributed by atoms with Crippen molar-refractivity contribution in [2.75, 3.05) is 7.05 Å². The van der Waals surface area contributed by atoms with E-state index in [1.165, 1.54) is 5.69 Å². The summed E-state index contributed by atoms with van der Waals surface area (Å²) in [5.74, 6) is 0. The summed E-state index contributed by atoms with van der Waals surface area (Å²) in [6.07, 6.45) is 2.96. The van der Waals surface area contributed by atoms with Crippen LogP contribution in [-0.4, -0.2) is 21.4 Å². The molecule has 4 nitrogen and oxygen atoms in total. The van der Waals surface area contributed by atoms with Crippen molar-refractivity contribution in [2.45, 2.75) is 46.3 Å². The Balaban J connectivity index is 2.35. The maximum Gasteiger partial charge on any atom is 0.0868 e. The third-order valence-electron chi connectivity index (χ3n) is 3.76. The molecule has 110 valence electrons. The Kier molecular flexibility index (Phi) is 4.89. The minimum atomic E-state index is 0.312. The predicted octanol–water partition coefficient (Wildman–Crippen LogP) is 3.25. The van der Waals surface area contributed by atoms with Crippen LogP contribution in [0.1, 0.15) is 43.9 Å². The highest BCUT2D eigenvalue weighted by Gasteiger charge is 2.16. The Hall–Kier alpha value is -1.26. The highest BCUT2D eigenvalue weighted by molar-refractivity contribution is 6.31. The zero-order valence-corrected chi connectivity index (χ0v) is 13.4. The second-order valence-corrected chi connectivity index (χ2v) is 5.33. The summed E-state index contributed by atoms with van der Waals surface area (Å²) in [6.45, 7) is 7.94. The summed E-state index contributed by atoms with van der Waals surface area (Å²) in [7, 11) is 1.97. The van der Waals surface area contributed by atoms with E-state index in [1.54, 1.807) is 0 Å². The summed E-state index contributed by atoms with van der Waals surface area (Å²) < 4.78 is 4.24. The molecule has 1 atom stereocenters. The van der Waals surface area contributed by atoms with Crippen LogP contribution in [0.4, 0.5) is 0 Å². The molecule has 0 saturated carbocycles. The molecule has 2 aromatic rings. The predicted molar refractivity (Wildman–Crippen MR) is 83.3 cm³/mol. The van der Waals surface area contributed by atoms with Gasteiger partial charge in [-0.2, -0.15) is 5.10 Å². The number of hydrogen-bond donors (Lipinski definition) is 1. The molecule has 0 spiro atoms. The second-order valence-electron chi connectivity index (χ2n) is 4.95. The fourth-order valence-electron chi connectivity index (χ4n) is 2.44. The lowest BCUT2D eigenvalue weighted by Gasteiger charge is -2.15. The molecular weight excluding hydrogens is 272 g/mol. The average Bonchev–Trinajstić information content (AvgIpc) is 3.04. The van der Waals surface area contributed by atoms with E-state index in [0.717, 1.165) is 35.9 Å². The maximum atomic E-state index is 6.48. The monoisotopic (exact) mass is 294 g/mol. The second kappa shape index (κ2) is 6.46. The van der Waals surface area contributed by atoms with E-state index in [2.05, 4.69) is 54.1 Å². The van der Waals surface area contributed by atoms with Crippen LogP contribution in [-0.2, 0) is 19.5 Å². The fraction of sp³-hybridized carbons (Fsp3) is 0.533. The molecule has 0 aliphatic rings. The van der Waals surface area contributed by atoms with Crippen LogP contribution >= 0.6 is 11.6 Å². The van der Waals surface area contributed by atoms with Crippen LogP contribution in [0.15, 0.2) is 18.3 Å². The minimum absolute atomic E-state index is 0.312. The van der Waals surface area contributed by atoms with Gasteiger partial charge in [0.1, 0.15) is 0 Å². The molecule has 0 radical (unpaired) electrons. The van der Waals surface area contributed by atoms with Gasteiger partial charge < -0.3 is 9.88 Å². The van der Waals surface area contributed by atoms with E-state index >= 15 is 0 Å². The smallest absolute Gasteiger partial charge is 0.0868 e. The zero-order chi connectivity index (χ0) is 14.7. The maximum absolute atomic E-state index is 6.48. The Morgan fingerprint density at radius 1 is 1.40 bits per heavy atom. The number of aromatic nitrogens is 3. The molecule has 1 unspecified atom stereocenters. The van der Waals surface area contributed by atoms with Gasteiger partial charge in [-0.15, -0.1) is 0 Å². The molecule has 2 aromatic heterocycles. The normalized spacial score (nSPS) is 12.8. The van der Waals surface area contributed by atoms with Crippen molar-refractivity contribution >= 4 is 11.6 Å². The van der Waals surface area contributed by atoms with Gasteiger partial charge in [0.15, 0.2) is 0 Å². The lowest BCUT2D eigenvalue weighted by Crippen LogP contribution is -2.18. The Bertz CT molecular complexity index is 570. The summed E-state index contributed by atoms with van der Waals surface area (Å²) in [5.41, 5.74) is 3.33. The van der Waals surface area contributed by atoms with Crippen LogP contribution in [0, 0.1) is 0 Å². The van der Waals surface area contributed by atoms with Crippen LogP contribution < -0.4 is 5.32 Å². The largest absolute Gasteiger partial charge is 0.344 e. The van der Waals surface area contributed by atoms with Gasteiger partial charge in [0, 0.05) is 24.5 Å². The van der Waals surface area contributed by atoms with Crippen molar-refractivity contribution in [1.82, 2.24) is 19.7 Å². The standard InChI is InChI=1S/C15H23ClN4/c1-5-12-15(16)14(20(6-2)18-12)10-19-9-7-8-13(19)11(3)17-4/h7-9,11,17H,5-6,10H2,1-4H3. The zero-order valence-electron chi connectivity index (χ0n) is 12.7. The summed E-state index contributed by atoms with van der Waals surface area (Å²) in [6, 6.07) is 4.53. The van der Waals surface area contributed by atoms with Crippen molar-refractivity contribution in [3.05, 3.63) is 40.4 Å². The van der Waals surface area contributed by atoms with Crippen LogP contribution in [0.2, 0.25) is 5.02 Å². The van der Waals surface area contributed by atoms with Gasteiger partial charge in [0.2, 0.25) is 0 Å². The van der Waals surface area contributed by atoms with E-state index in [4.69, 9.17) is 11.6 Å². The quantitative estimate of drug-likeness (QED) is 0.887. The average molecular weight is 295 g/mol. The Morgan fingerprint density at radius 3 is 2.75 bits per heavy atom. The molecule has 0 aliphatic heterocycles. The van der Waals surface area contributed by atoms with Gasteiger partial charge in [-0.05, 0) is 39.4 Å². The van der Waals surface area contributed by atoms with Gasteiger partial charge in [-0.3, -0.25) is 4.68 Å². The molecular formula is C15H23ClN4. The van der Waals surface area contributed by atoms with Crippen molar-refractivity contribution in [3.8, 4) is 0 Å². The first-order valence-corrected chi connectivity index (χ1v) is 7.56. The SMILES string of the molecule is CCc1nn(CC)c(Cn2cccc2C(C)NC)c1Cl. The number of aryl methyl sites for hydroxylation is 2. The van der Waals surface area contributed by atoms with E-state index in [1.807, 2.05) is 11.7 Å². The molecule has 0 aliphatic carbocycles. The van der Waals surface area contributed by atoms with E-state index in [-0.39, 0.29) is 0 Å². The topological polar surface area (TPSA) is 34.8 Å². The van der Waals surface area contributed by atoms with E-state index < -0.39 is 0 Å². The molecule has 0 aromatic carbocycles. The summed E-state index contributed by atoms with van der Waals surface area (Å²) in [4.78, 5) is 0. The minimum Gasteiger partial charge on any atom is -0.344 e. The molecule has 0 saturated heterocycles. The summed E-state index contributed by atoms with van der Waals surface area (Å²) in [5, 5.41) is 8.67. The molecule has 2 heterocycles. The van der Waals surface area contributed by atoms with Crippen molar-refractivity contribution in [3.63, 3.8) is 0 Å². The van der Waals surface area contributed by atoms with Crippen molar-refractivity contribution in [1.29, 1.82) is 0 Å².